The molecule has 0 spiro atoms. The van der Waals surface area contributed by atoms with E-state index in [2.05, 4.69) is 31.9 Å². The molecule has 0 radical (unpaired) electrons. The van der Waals surface area contributed by atoms with Gasteiger partial charge in [-0.25, -0.2) is 42.6 Å². The van der Waals surface area contributed by atoms with Crippen LogP contribution in [0.3, 0.4) is 0 Å². The van der Waals surface area contributed by atoms with Crippen molar-refractivity contribution in [2.45, 2.75) is 21.2 Å². The van der Waals surface area contributed by atoms with E-state index in [9.17, 15) is 21.6 Å². The van der Waals surface area contributed by atoms with Gasteiger partial charge in [-0.1, -0.05) is 18.2 Å². The first-order valence-corrected chi connectivity index (χ1v) is 13.3. The van der Waals surface area contributed by atoms with E-state index in [1.54, 1.807) is 18.2 Å². The van der Waals surface area contributed by atoms with Gasteiger partial charge in [-0.05, 0) is 17.7 Å². The fourth-order valence-corrected chi connectivity index (χ4v) is 7.60. The Balaban J connectivity index is 1.77. The lowest BCUT2D eigenvalue weighted by Gasteiger charge is -2.37. The Hall–Kier alpha value is -3.32. The molecule has 2 saturated heterocycles. The van der Waals surface area contributed by atoms with Crippen LogP contribution < -0.4 is 38.5 Å². The average Bonchev–Trinajstić information content (AvgIpc) is 3.39. The molecule has 186 valence electrons. The molecule has 5 rings (SSSR count). The molecule has 2 aliphatic rings. The Kier molecular flexibility index (Phi) is 5.44. The van der Waals surface area contributed by atoms with Gasteiger partial charge in [0.15, 0.2) is 15.8 Å². The van der Waals surface area contributed by atoms with Crippen LogP contribution in [0.5, 0.6) is 0 Å². The number of primary amides is 1. The number of sulfonamides is 1. The van der Waals surface area contributed by atoms with Crippen LogP contribution in [0.1, 0.15) is 11.7 Å². The number of imidazole rings is 1. The summed E-state index contributed by atoms with van der Waals surface area (Å²) in [5.41, 5.74) is 23.8. The highest BCUT2D eigenvalue weighted by Crippen LogP contribution is 2.40. The number of aromatic nitrogens is 2. The van der Waals surface area contributed by atoms with Gasteiger partial charge in [-0.15, -0.1) is 0 Å². The van der Waals surface area contributed by atoms with Gasteiger partial charge in [0.25, 0.3) is 0 Å². The molecule has 2 fully saturated rings. The first-order chi connectivity index (χ1) is 16.5. The number of likely N-dealkylation sites (tertiary alicyclic amines) is 1. The van der Waals surface area contributed by atoms with Crippen LogP contribution in [0.15, 0.2) is 40.1 Å². The monoisotopic (exact) mass is 522 g/mol. The van der Waals surface area contributed by atoms with Crippen LogP contribution in [0.4, 0.5) is 10.7 Å². The zero-order chi connectivity index (χ0) is 25.1. The molecule has 2 aromatic carbocycles. The summed E-state index contributed by atoms with van der Waals surface area (Å²) in [5, 5.41) is 4.57. The van der Waals surface area contributed by atoms with E-state index in [0.717, 1.165) is 4.90 Å². The molecular weight excluding hydrogens is 500 g/mol. The summed E-state index contributed by atoms with van der Waals surface area (Å²) in [6, 6.07) is 7.10. The summed E-state index contributed by atoms with van der Waals surface area (Å²) >= 11 is 0. The molecule has 3 aromatic rings. The van der Waals surface area contributed by atoms with Crippen LogP contribution in [-0.4, -0.2) is 56.1 Å². The molecule has 15 nitrogen and oxygen atoms in total. The highest BCUT2D eigenvalue weighted by Gasteiger charge is 2.43. The van der Waals surface area contributed by atoms with E-state index in [0.29, 0.717) is 22.2 Å². The number of carbonyl (C=O) groups excluding carboxylic acids is 1. The fourth-order valence-electron chi connectivity index (χ4n) is 4.28. The SMILES string of the molecule is NC(=O)N1CC(S(=O)(=O)c2ccc(-c3cccc4[nH]c(N)nc34)c(C3NNNN3)c2S(N)(=O)=O)C1. The number of anilines is 1. The Morgan fingerprint density at radius 2 is 1.71 bits per heavy atom. The number of benzene rings is 2. The predicted molar refractivity (Wildman–Crippen MR) is 125 cm³/mol. The molecular formula is C18H22N10O5S2. The van der Waals surface area contributed by atoms with Crippen LogP contribution in [-0.2, 0) is 19.9 Å². The zero-order valence-corrected chi connectivity index (χ0v) is 19.6. The highest BCUT2D eigenvalue weighted by atomic mass is 32.2. The number of amides is 2. The lowest BCUT2D eigenvalue weighted by atomic mass is 9.96. The number of primary sulfonamides is 1. The van der Waals surface area contributed by atoms with Crippen molar-refractivity contribution < 1.29 is 21.6 Å². The highest BCUT2D eigenvalue weighted by molar-refractivity contribution is 7.94. The van der Waals surface area contributed by atoms with Gasteiger partial charge in [0.05, 0.1) is 15.9 Å². The van der Waals surface area contributed by atoms with Crippen molar-refractivity contribution in [2.24, 2.45) is 10.9 Å². The molecule has 2 aliphatic heterocycles. The lowest BCUT2D eigenvalue weighted by molar-refractivity contribution is 0.178. The number of para-hydroxylation sites is 1. The number of nitrogens with two attached hydrogens (primary N) is 3. The number of urea groups is 1. The van der Waals surface area contributed by atoms with Gasteiger partial charge in [0, 0.05) is 24.2 Å². The number of nitrogens with zero attached hydrogens (tertiary/aromatic N) is 2. The predicted octanol–water partition coefficient (Wildman–Crippen LogP) is -1.89. The second kappa shape index (κ2) is 8.12. The van der Waals surface area contributed by atoms with Crippen molar-refractivity contribution in [3.05, 3.63) is 35.9 Å². The van der Waals surface area contributed by atoms with Gasteiger partial charge in [-0.3, -0.25) is 0 Å². The first kappa shape index (κ1) is 23.4. The summed E-state index contributed by atoms with van der Waals surface area (Å²) in [6.45, 7) is -0.318. The molecule has 1 aromatic heterocycles. The van der Waals surface area contributed by atoms with E-state index in [-0.39, 0.29) is 24.6 Å². The number of rotatable bonds is 5. The van der Waals surface area contributed by atoms with Gasteiger partial charge in [0.1, 0.15) is 16.3 Å². The molecule has 0 unspecified atom stereocenters. The first-order valence-electron chi connectivity index (χ1n) is 10.2. The summed E-state index contributed by atoms with van der Waals surface area (Å²) in [7, 11) is -8.80. The van der Waals surface area contributed by atoms with Crippen LogP contribution >= 0.6 is 0 Å². The smallest absolute Gasteiger partial charge is 0.314 e. The largest absolute Gasteiger partial charge is 0.369 e. The van der Waals surface area contributed by atoms with E-state index >= 15 is 0 Å². The number of aromatic amines is 1. The minimum atomic E-state index is -4.58. The Morgan fingerprint density at radius 1 is 1.03 bits per heavy atom. The van der Waals surface area contributed by atoms with Crippen molar-refractivity contribution in [1.82, 2.24) is 36.8 Å². The molecule has 11 N–H and O–H groups in total. The second-order valence-electron chi connectivity index (χ2n) is 8.10. The molecule has 17 heteroatoms. The zero-order valence-electron chi connectivity index (χ0n) is 17.9. The van der Waals surface area contributed by atoms with Crippen LogP contribution in [0.25, 0.3) is 22.2 Å². The van der Waals surface area contributed by atoms with E-state index in [4.69, 9.17) is 16.6 Å². The maximum atomic E-state index is 13.5. The molecule has 3 heterocycles. The second-order valence-corrected chi connectivity index (χ2v) is 11.8. The van der Waals surface area contributed by atoms with Crippen molar-refractivity contribution in [3.63, 3.8) is 0 Å². The molecule has 2 amide bonds. The van der Waals surface area contributed by atoms with Gasteiger partial charge >= 0.3 is 6.03 Å². The number of hydrazine groups is 3. The van der Waals surface area contributed by atoms with E-state index < -0.39 is 47.1 Å². The Labute approximate surface area is 199 Å². The number of nitrogens with one attached hydrogen (secondary N) is 5. The van der Waals surface area contributed by atoms with Crippen LogP contribution in [0.2, 0.25) is 0 Å². The fraction of sp³-hybridized carbons (Fsp3) is 0.222. The maximum Gasteiger partial charge on any atom is 0.314 e. The third kappa shape index (κ3) is 3.88. The topological polar surface area (TPSA) is 243 Å². The van der Waals surface area contributed by atoms with Crippen molar-refractivity contribution in [1.29, 1.82) is 0 Å². The average molecular weight is 523 g/mol. The summed E-state index contributed by atoms with van der Waals surface area (Å²) in [5.74, 6) is 0.157. The van der Waals surface area contributed by atoms with E-state index in [1.165, 1.54) is 12.1 Å². The normalized spacial score (nSPS) is 17.7. The minimum absolute atomic E-state index is 0.0474. The quantitative estimate of drug-likeness (QED) is 0.184. The number of fused-ring (bicyclic) bond motifs is 1. The Morgan fingerprint density at radius 3 is 2.34 bits per heavy atom. The number of H-pyrrole nitrogens is 1. The summed E-state index contributed by atoms with van der Waals surface area (Å²) < 4.78 is 52.8. The number of carbonyl (C=O) groups is 1. The molecule has 0 atom stereocenters. The molecule has 0 aliphatic carbocycles. The molecule has 0 bridgehead atoms. The third-order valence-corrected chi connectivity index (χ3v) is 9.22. The lowest BCUT2D eigenvalue weighted by Crippen LogP contribution is -2.58. The summed E-state index contributed by atoms with van der Waals surface area (Å²) in [4.78, 5) is 18.6. The summed E-state index contributed by atoms with van der Waals surface area (Å²) in [6.07, 6.45) is -0.913. The molecule has 35 heavy (non-hydrogen) atoms. The standard InChI is InChI=1S/C18H22N10O5S2/c19-17-22-11-3-1-2-10(14(11)23-17)9-4-5-12(34(30,31)8-6-28(7-8)18(20)29)15(35(21,32)33)13(9)16-24-26-27-25-16/h1-5,8,16,24-27H,6-7H2,(H2,20,29)(H3,19,22,23)(H2,21,32,33). The maximum absolute atomic E-state index is 13.5. The minimum Gasteiger partial charge on any atom is -0.369 e. The van der Waals surface area contributed by atoms with E-state index in [1.807, 2.05) is 0 Å². The van der Waals surface area contributed by atoms with Crippen LogP contribution in [0, 0.1) is 0 Å². The number of hydrogen-bond donors (Lipinski definition) is 8. The third-order valence-electron chi connectivity index (χ3n) is 5.95. The van der Waals surface area contributed by atoms with Gasteiger partial charge in [-0.2, -0.15) is 11.1 Å². The van der Waals surface area contributed by atoms with Crippen molar-refractivity contribution in [2.75, 3.05) is 18.8 Å². The van der Waals surface area contributed by atoms with Crippen molar-refractivity contribution in [3.8, 4) is 11.1 Å². The van der Waals surface area contributed by atoms with Crippen molar-refractivity contribution >= 4 is 42.9 Å². The Bertz CT molecular complexity index is 1560. The number of sulfone groups is 1. The van der Waals surface area contributed by atoms with Gasteiger partial charge in [0.2, 0.25) is 10.0 Å². The molecule has 0 saturated carbocycles. The van der Waals surface area contributed by atoms with Gasteiger partial charge < -0.3 is 21.4 Å². The number of nitrogen functional groups attached to an aromatic ring is 1. The number of hydrogen-bond acceptors (Lipinski definition) is 11.